The molecule has 0 N–H and O–H groups in total. The number of nitrogens with zero attached hydrogens (tertiary/aromatic N) is 2. The molecular weight excluding hydrogens is 447 g/mol. The molecule has 0 saturated carbocycles. The Bertz CT molecular complexity index is 1270. The number of hydrogen-bond donors (Lipinski definition) is 0. The zero-order valence-corrected chi connectivity index (χ0v) is 19.1. The molecule has 0 aliphatic carbocycles. The molecule has 0 aliphatic heterocycles. The molecule has 0 radical (unpaired) electrons. The van der Waals surface area contributed by atoms with Crippen LogP contribution in [-0.2, 0) is 6.54 Å². The van der Waals surface area contributed by atoms with Crippen molar-refractivity contribution in [2.75, 3.05) is 13.7 Å². The fraction of sp³-hybridized carbons (Fsp3) is 0.200. The van der Waals surface area contributed by atoms with E-state index in [2.05, 4.69) is 0 Å². The summed E-state index contributed by atoms with van der Waals surface area (Å²) in [5.74, 6) is 1.87. The second-order valence-corrected chi connectivity index (χ2v) is 8.06. The molecular formula is C25H22Cl2N2O3. The second-order valence-electron chi connectivity index (χ2n) is 7.24. The Morgan fingerprint density at radius 3 is 2.34 bits per heavy atom. The Morgan fingerprint density at radius 2 is 1.62 bits per heavy atom. The van der Waals surface area contributed by atoms with Gasteiger partial charge in [-0.3, -0.25) is 9.36 Å². The number of aromatic nitrogens is 2. The lowest BCUT2D eigenvalue weighted by Crippen LogP contribution is -2.24. The molecule has 0 amide bonds. The molecule has 7 heteroatoms. The maximum Gasteiger partial charge on any atom is 0.261 e. The van der Waals surface area contributed by atoms with Crippen LogP contribution in [0.4, 0.5) is 0 Å². The monoisotopic (exact) mass is 468 g/mol. The van der Waals surface area contributed by atoms with Crippen LogP contribution in [0.3, 0.4) is 0 Å². The maximum absolute atomic E-state index is 13.3. The molecule has 0 aliphatic rings. The minimum absolute atomic E-state index is 0.0588. The lowest BCUT2D eigenvalue weighted by molar-refractivity contribution is 0.303. The highest BCUT2D eigenvalue weighted by molar-refractivity contribution is 6.37. The number of ether oxygens (including phenoxy) is 2. The Kier molecular flexibility index (Phi) is 6.98. The van der Waals surface area contributed by atoms with Gasteiger partial charge in [0.1, 0.15) is 11.6 Å². The van der Waals surface area contributed by atoms with E-state index in [1.54, 1.807) is 29.9 Å². The standard InChI is InChI=1S/C25H22Cl2N2O3/c1-31-18-13-11-17(12-14-18)24-28-22-10-3-2-7-19(22)25(30)29(24)15-4-5-16-32-23-20(26)8-6-9-21(23)27/h2-3,6-14H,4-5,15-16H2,1H3. The molecule has 1 aromatic heterocycles. The highest BCUT2D eigenvalue weighted by Crippen LogP contribution is 2.32. The lowest BCUT2D eigenvalue weighted by atomic mass is 10.1. The average Bonchev–Trinajstić information content (AvgIpc) is 2.81. The van der Waals surface area contributed by atoms with Gasteiger partial charge in [0, 0.05) is 12.1 Å². The number of methoxy groups -OCH3 is 1. The molecule has 5 nitrogen and oxygen atoms in total. The molecule has 164 valence electrons. The molecule has 3 aromatic carbocycles. The quantitative estimate of drug-likeness (QED) is 0.287. The van der Waals surface area contributed by atoms with Gasteiger partial charge in [-0.05, 0) is 61.4 Å². The van der Waals surface area contributed by atoms with Crippen LogP contribution in [0.2, 0.25) is 10.0 Å². The first-order valence-electron chi connectivity index (χ1n) is 10.3. The average molecular weight is 469 g/mol. The number of halogens is 2. The Balaban J connectivity index is 1.55. The van der Waals surface area contributed by atoms with Crippen LogP contribution in [0, 0.1) is 0 Å². The maximum atomic E-state index is 13.3. The van der Waals surface area contributed by atoms with E-state index in [0.717, 1.165) is 24.2 Å². The van der Waals surface area contributed by atoms with Crippen molar-refractivity contribution in [1.29, 1.82) is 0 Å². The van der Waals surface area contributed by atoms with E-state index in [-0.39, 0.29) is 5.56 Å². The highest BCUT2D eigenvalue weighted by Gasteiger charge is 2.13. The number of unbranched alkanes of at least 4 members (excludes halogenated alkanes) is 1. The van der Waals surface area contributed by atoms with E-state index in [9.17, 15) is 4.79 Å². The molecule has 0 atom stereocenters. The van der Waals surface area contributed by atoms with Crippen molar-refractivity contribution in [3.05, 3.63) is 87.1 Å². The second kappa shape index (κ2) is 10.1. The van der Waals surface area contributed by atoms with Gasteiger partial charge in [-0.2, -0.15) is 0 Å². The van der Waals surface area contributed by atoms with Gasteiger partial charge >= 0.3 is 0 Å². The Labute approximate surface area is 196 Å². The van der Waals surface area contributed by atoms with Crippen LogP contribution < -0.4 is 15.0 Å². The fourth-order valence-electron chi connectivity index (χ4n) is 3.50. The zero-order valence-electron chi connectivity index (χ0n) is 17.6. The van der Waals surface area contributed by atoms with Gasteiger partial charge in [-0.25, -0.2) is 4.98 Å². The largest absolute Gasteiger partial charge is 0.497 e. The molecule has 1 heterocycles. The summed E-state index contributed by atoms with van der Waals surface area (Å²) in [6, 6.07) is 20.2. The summed E-state index contributed by atoms with van der Waals surface area (Å²) in [5, 5.41) is 1.56. The van der Waals surface area contributed by atoms with Gasteiger partial charge in [0.05, 0.1) is 34.7 Å². The number of rotatable bonds is 8. The minimum atomic E-state index is -0.0588. The van der Waals surface area contributed by atoms with Crippen molar-refractivity contribution in [2.24, 2.45) is 0 Å². The van der Waals surface area contributed by atoms with Gasteiger partial charge in [0.25, 0.3) is 5.56 Å². The topological polar surface area (TPSA) is 53.3 Å². The van der Waals surface area contributed by atoms with Gasteiger partial charge in [-0.15, -0.1) is 0 Å². The van der Waals surface area contributed by atoms with Crippen molar-refractivity contribution >= 4 is 34.1 Å². The highest BCUT2D eigenvalue weighted by atomic mass is 35.5. The predicted molar refractivity (Wildman–Crippen MR) is 129 cm³/mol. The van der Waals surface area contributed by atoms with Crippen molar-refractivity contribution in [2.45, 2.75) is 19.4 Å². The van der Waals surface area contributed by atoms with Crippen LogP contribution in [0.15, 0.2) is 71.5 Å². The van der Waals surface area contributed by atoms with E-state index < -0.39 is 0 Å². The fourth-order valence-corrected chi connectivity index (χ4v) is 4.01. The first kappa shape index (κ1) is 22.2. The number of fused-ring (bicyclic) bond motifs is 1. The summed E-state index contributed by atoms with van der Waals surface area (Å²) in [6.45, 7) is 0.953. The van der Waals surface area contributed by atoms with Crippen LogP contribution in [0.5, 0.6) is 11.5 Å². The molecule has 4 aromatic rings. The summed E-state index contributed by atoms with van der Waals surface area (Å²) in [7, 11) is 1.62. The van der Waals surface area contributed by atoms with E-state index in [1.165, 1.54) is 0 Å². The normalized spacial score (nSPS) is 11.0. The van der Waals surface area contributed by atoms with E-state index in [1.807, 2.05) is 48.5 Å². The summed E-state index contributed by atoms with van der Waals surface area (Å²) >= 11 is 12.3. The van der Waals surface area contributed by atoms with Gasteiger partial charge in [0.2, 0.25) is 0 Å². The summed E-state index contributed by atoms with van der Waals surface area (Å²) in [4.78, 5) is 18.0. The zero-order chi connectivity index (χ0) is 22.5. The summed E-state index contributed by atoms with van der Waals surface area (Å²) in [6.07, 6.45) is 1.45. The molecule has 0 fully saturated rings. The Hall–Kier alpha value is -3.02. The number of para-hydroxylation sites is 2. The third kappa shape index (κ3) is 4.74. The minimum Gasteiger partial charge on any atom is -0.497 e. The third-order valence-corrected chi connectivity index (χ3v) is 5.75. The smallest absolute Gasteiger partial charge is 0.261 e. The van der Waals surface area contributed by atoms with Crippen LogP contribution in [0.25, 0.3) is 22.3 Å². The van der Waals surface area contributed by atoms with Crippen molar-refractivity contribution in [3.8, 4) is 22.9 Å². The number of hydrogen-bond acceptors (Lipinski definition) is 4. The molecule has 0 saturated heterocycles. The van der Waals surface area contributed by atoms with Crippen molar-refractivity contribution < 1.29 is 9.47 Å². The van der Waals surface area contributed by atoms with Gasteiger partial charge in [0.15, 0.2) is 5.75 Å². The van der Waals surface area contributed by atoms with E-state index >= 15 is 0 Å². The van der Waals surface area contributed by atoms with Crippen LogP contribution in [-0.4, -0.2) is 23.3 Å². The van der Waals surface area contributed by atoms with Gasteiger partial charge in [-0.1, -0.05) is 41.4 Å². The summed E-state index contributed by atoms with van der Waals surface area (Å²) in [5.41, 5.74) is 1.47. The molecule has 4 rings (SSSR count). The molecule has 32 heavy (non-hydrogen) atoms. The Morgan fingerprint density at radius 1 is 0.906 bits per heavy atom. The predicted octanol–water partition coefficient (Wildman–Crippen LogP) is 6.24. The number of benzene rings is 3. The summed E-state index contributed by atoms with van der Waals surface area (Å²) < 4.78 is 12.7. The lowest BCUT2D eigenvalue weighted by Gasteiger charge is -2.14. The molecule has 0 unspecified atom stereocenters. The third-order valence-electron chi connectivity index (χ3n) is 5.15. The SMILES string of the molecule is COc1ccc(-c2nc3ccccc3c(=O)n2CCCCOc2c(Cl)cccc2Cl)cc1. The van der Waals surface area contributed by atoms with Crippen LogP contribution in [0.1, 0.15) is 12.8 Å². The van der Waals surface area contributed by atoms with Crippen LogP contribution >= 0.6 is 23.2 Å². The first-order valence-corrected chi connectivity index (χ1v) is 11.0. The van der Waals surface area contributed by atoms with E-state index in [0.29, 0.717) is 45.7 Å². The van der Waals surface area contributed by atoms with Crippen molar-refractivity contribution in [3.63, 3.8) is 0 Å². The van der Waals surface area contributed by atoms with Crippen molar-refractivity contribution in [1.82, 2.24) is 9.55 Å². The van der Waals surface area contributed by atoms with Gasteiger partial charge < -0.3 is 9.47 Å². The van der Waals surface area contributed by atoms with E-state index in [4.69, 9.17) is 37.7 Å². The molecule has 0 bridgehead atoms. The first-order chi connectivity index (χ1) is 15.6. The molecule has 0 spiro atoms.